The molecule has 0 bridgehead atoms. The van der Waals surface area contributed by atoms with Gasteiger partial charge in [0.25, 0.3) is 5.91 Å². The van der Waals surface area contributed by atoms with E-state index in [0.29, 0.717) is 18.8 Å². The summed E-state index contributed by atoms with van der Waals surface area (Å²) >= 11 is 1.40. The van der Waals surface area contributed by atoms with E-state index in [9.17, 15) is 4.79 Å². The summed E-state index contributed by atoms with van der Waals surface area (Å²) in [7, 11) is 0. The Morgan fingerprint density at radius 1 is 1.50 bits per heavy atom. The van der Waals surface area contributed by atoms with E-state index in [0.717, 1.165) is 24.3 Å². The van der Waals surface area contributed by atoms with Crippen molar-refractivity contribution >= 4 is 17.2 Å². The van der Waals surface area contributed by atoms with Crippen LogP contribution >= 0.6 is 11.3 Å². The van der Waals surface area contributed by atoms with Crippen LogP contribution in [-0.2, 0) is 6.54 Å². The van der Waals surface area contributed by atoms with Gasteiger partial charge in [-0.15, -0.1) is 11.3 Å². The minimum absolute atomic E-state index is 0.153. The third-order valence-corrected chi connectivity index (χ3v) is 2.95. The van der Waals surface area contributed by atoms with Crippen LogP contribution in [0.5, 0.6) is 0 Å². The first-order valence-electron chi connectivity index (χ1n) is 5.31. The maximum Gasteiger partial charge on any atom is 0.270 e. The molecule has 1 amide bonds. The van der Waals surface area contributed by atoms with Crippen LogP contribution in [0, 0.1) is 0 Å². The van der Waals surface area contributed by atoms with E-state index in [1.165, 1.54) is 11.3 Å². The first kappa shape index (κ1) is 13.1. The van der Waals surface area contributed by atoms with Gasteiger partial charge in [-0.25, -0.2) is 4.98 Å². The molecule has 5 nitrogen and oxygen atoms in total. The minimum Gasteiger partial charge on any atom is -0.396 e. The third-order valence-electron chi connectivity index (χ3n) is 2.08. The van der Waals surface area contributed by atoms with Gasteiger partial charge in [0.1, 0.15) is 10.7 Å². The van der Waals surface area contributed by atoms with Crippen molar-refractivity contribution in [3.8, 4) is 0 Å². The summed E-state index contributed by atoms with van der Waals surface area (Å²) in [6.45, 7) is 1.20. The van der Waals surface area contributed by atoms with E-state index in [1.807, 2.05) is 0 Å². The maximum atomic E-state index is 11.5. The smallest absolute Gasteiger partial charge is 0.270 e. The Bertz CT molecular complexity index is 328. The van der Waals surface area contributed by atoms with Crippen molar-refractivity contribution in [1.82, 2.24) is 10.3 Å². The number of unbranched alkanes of at least 4 members (excludes halogenated alkanes) is 2. The molecule has 0 aliphatic carbocycles. The first-order chi connectivity index (χ1) is 7.77. The fourth-order valence-electron chi connectivity index (χ4n) is 1.21. The number of nitrogens with one attached hydrogen (secondary N) is 1. The number of carbonyl (C=O) groups is 1. The molecule has 1 aromatic heterocycles. The van der Waals surface area contributed by atoms with Crippen LogP contribution in [0.25, 0.3) is 0 Å². The van der Waals surface area contributed by atoms with Gasteiger partial charge in [-0.05, 0) is 19.3 Å². The molecule has 1 aromatic rings. The molecule has 0 saturated heterocycles. The summed E-state index contributed by atoms with van der Waals surface area (Å²) in [5.41, 5.74) is 5.85. The Kier molecular flexibility index (Phi) is 5.99. The molecule has 0 fully saturated rings. The van der Waals surface area contributed by atoms with Crippen LogP contribution < -0.4 is 11.1 Å². The third kappa shape index (κ3) is 4.26. The fraction of sp³-hybridized carbons (Fsp3) is 0.600. The zero-order chi connectivity index (χ0) is 11.8. The van der Waals surface area contributed by atoms with Gasteiger partial charge in [0.2, 0.25) is 0 Å². The van der Waals surface area contributed by atoms with Gasteiger partial charge < -0.3 is 16.2 Å². The van der Waals surface area contributed by atoms with E-state index >= 15 is 0 Å². The van der Waals surface area contributed by atoms with Gasteiger partial charge in [-0.2, -0.15) is 0 Å². The number of aromatic nitrogens is 1. The molecule has 0 radical (unpaired) electrons. The molecular formula is C10H17N3O2S. The Labute approximate surface area is 98.7 Å². The lowest BCUT2D eigenvalue weighted by Crippen LogP contribution is -2.24. The Hall–Kier alpha value is -0.980. The molecule has 1 rings (SSSR count). The summed E-state index contributed by atoms with van der Waals surface area (Å²) in [6.07, 6.45) is 2.58. The molecule has 0 atom stereocenters. The lowest BCUT2D eigenvalue weighted by Gasteiger charge is -2.02. The van der Waals surface area contributed by atoms with Crippen molar-refractivity contribution in [2.45, 2.75) is 25.8 Å². The largest absolute Gasteiger partial charge is 0.396 e. The van der Waals surface area contributed by atoms with Crippen LogP contribution in [0.3, 0.4) is 0 Å². The zero-order valence-corrected chi connectivity index (χ0v) is 9.92. The van der Waals surface area contributed by atoms with Crippen molar-refractivity contribution in [3.05, 3.63) is 16.1 Å². The van der Waals surface area contributed by atoms with Crippen LogP contribution in [0.15, 0.2) is 5.38 Å². The first-order valence-corrected chi connectivity index (χ1v) is 6.19. The highest BCUT2D eigenvalue weighted by atomic mass is 32.1. The molecular weight excluding hydrogens is 226 g/mol. The molecule has 1 heterocycles. The van der Waals surface area contributed by atoms with Crippen LogP contribution in [0.2, 0.25) is 0 Å². The van der Waals surface area contributed by atoms with Crippen molar-refractivity contribution in [1.29, 1.82) is 0 Å². The molecule has 0 aromatic carbocycles. The Balaban J connectivity index is 2.24. The van der Waals surface area contributed by atoms with Crippen molar-refractivity contribution in [2.75, 3.05) is 13.2 Å². The Morgan fingerprint density at radius 2 is 2.31 bits per heavy atom. The average molecular weight is 243 g/mol. The number of nitrogens with zero attached hydrogens (tertiary/aromatic N) is 1. The summed E-state index contributed by atoms with van der Waals surface area (Å²) in [5.74, 6) is -0.153. The van der Waals surface area contributed by atoms with E-state index in [2.05, 4.69) is 10.3 Å². The number of amides is 1. The standard InChI is InChI=1S/C10H17N3O2S/c11-6-9-13-8(7-16-9)10(15)12-4-2-1-3-5-14/h7,14H,1-6,11H2,(H,12,15). The van der Waals surface area contributed by atoms with Gasteiger partial charge in [-0.3, -0.25) is 4.79 Å². The van der Waals surface area contributed by atoms with Crippen LogP contribution in [-0.4, -0.2) is 29.1 Å². The predicted molar refractivity (Wildman–Crippen MR) is 63.3 cm³/mol. The summed E-state index contributed by atoms with van der Waals surface area (Å²) in [6, 6.07) is 0. The highest BCUT2D eigenvalue weighted by Gasteiger charge is 2.08. The molecule has 4 N–H and O–H groups in total. The minimum atomic E-state index is -0.153. The molecule has 6 heteroatoms. The quantitative estimate of drug-likeness (QED) is 0.608. The summed E-state index contributed by atoms with van der Waals surface area (Å²) in [5, 5.41) is 13.8. The number of nitrogens with two attached hydrogens (primary N) is 1. The molecule has 0 unspecified atom stereocenters. The average Bonchev–Trinajstić information content (AvgIpc) is 2.77. The number of aliphatic hydroxyl groups excluding tert-OH is 1. The van der Waals surface area contributed by atoms with E-state index in [4.69, 9.17) is 10.8 Å². The van der Waals surface area contributed by atoms with Crippen molar-refractivity contribution in [3.63, 3.8) is 0 Å². The SMILES string of the molecule is NCc1nc(C(=O)NCCCCCO)cs1. The highest BCUT2D eigenvalue weighted by molar-refractivity contribution is 7.09. The number of hydrogen-bond donors (Lipinski definition) is 3. The van der Waals surface area contributed by atoms with E-state index < -0.39 is 0 Å². The summed E-state index contributed by atoms with van der Waals surface area (Å²) in [4.78, 5) is 15.6. The fourth-order valence-corrected chi connectivity index (χ4v) is 1.87. The van der Waals surface area contributed by atoms with Gasteiger partial charge in [0.05, 0.1) is 0 Å². The predicted octanol–water partition coefficient (Wildman–Crippen LogP) is 0.494. The zero-order valence-electron chi connectivity index (χ0n) is 9.11. The lowest BCUT2D eigenvalue weighted by molar-refractivity contribution is 0.0948. The molecule has 16 heavy (non-hydrogen) atoms. The van der Waals surface area contributed by atoms with Gasteiger partial charge in [0.15, 0.2) is 0 Å². The van der Waals surface area contributed by atoms with Crippen molar-refractivity contribution in [2.24, 2.45) is 5.73 Å². The van der Waals surface area contributed by atoms with Crippen LogP contribution in [0.1, 0.15) is 34.8 Å². The topological polar surface area (TPSA) is 88.2 Å². The number of aliphatic hydroxyl groups is 1. The van der Waals surface area contributed by atoms with E-state index in [1.54, 1.807) is 5.38 Å². The second kappa shape index (κ2) is 7.32. The second-order valence-electron chi connectivity index (χ2n) is 3.37. The molecule has 90 valence electrons. The molecule has 0 saturated carbocycles. The van der Waals surface area contributed by atoms with Crippen molar-refractivity contribution < 1.29 is 9.90 Å². The highest BCUT2D eigenvalue weighted by Crippen LogP contribution is 2.08. The number of carbonyl (C=O) groups excluding carboxylic acids is 1. The molecule has 0 aliphatic heterocycles. The summed E-state index contributed by atoms with van der Waals surface area (Å²) < 4.78 is 0. The lowest BCUT2D eigenvalue weighted by atomic mass is 10.2. The Morgan fingerprint density at radius 3 is 2.94 bits per heavy atom. The molecule has 0 aliphatic rings. The van der Waals surface area contributed by atoms with E-state index in [-0.39, 0.29) is 12.5 Å². The molecule has 0 spiro atoms. The number of thiazole rings is 1. The van der Waals surface area contributed by atoms with Crippen LogP contribution in [0.4, 0.5) is 0 Å². The second-order valence-corrected chi connectivity index (χ2v) is 4.31. The number of rotatable bonds is 7. The number of hydrogen-bond acceptors (Lipinski definition) is 5. The van der Waals surface area contributed by atoms with Gasteiger partial charge >= 0.3 is 0 Å². The van der Waals surface area contributed by atoms with Gasteiger partial charge in [0, 0.05) is 25.1 Å². The maximum absolute atomic E-state index is 11.5. The van der Waals surface area contributed by atoms with Gasteiger partial charge in [-0.1, -0.05) is 0 Å². The normalized spacial score (nSPS) is 10.4. The monoisotopic (exact) mass is 243 g/mol.